The predicted molar refractivity (Wildman–Crippen MR) is 122 cm³/mol. The van der Waals surface area contributed by atoms with Gasteiger partial charge in [-0.25, -0.2) is 0 Å². The quantitative estimate of drug-likeness (QED) is 0.516. The number of benzene rings is 1. The molecule has 1 aromatic rings. The van der Waals surface area contributed by atoms with Gasteiger partial charge in [0.2, 0.25) is 5.91 Å². The van der Waals surface area contributed by atoms with E-state index in [-0.39, 0.29) is 5.91 Å². The molecule has 0 bridgehead atoms. The van der Waals surface area contributed by atoms with Crippen LogP contribution < -0.4 is 20.3 Å². The number of aliphatic imine (C=N–C) groups is 1. The smallest absolute Gasteiger partial charge is 0.219 e. The van der Waals surface area contributed by atoms with Crippen molar-refractivity contribution < 1.29 is 9.53 Å². The standard InChI is InChI=1S/C21H33ClN6O2/c1-16(29)27-12-10-26(11-13-27)9-7-24-21(23-2)25-18-6-8-28(15-18)19-14-17(22)4-5-20(19)30-3/h4-5,14,18H,6-13,15H2,1-3H3,(H2,23,24,25). The highest BCUT2D eigenvalue weighted by molar-refractivity contribution is 6.30. The van der Waals surface area contributed by atoms with E-state index in [1.54, 1.807) is 21.1 Å². The summed E-state index contributed by atoms with van der Waals surface area (Å²) in [6.45, 7) is 8.66. The number of methoxy groups -OCH3 is 1. The Balaban J connectivity index is 1.43. The number of amides is 1. The zero-order chi connectivity index (χ0) is 21.5. The molecule has 1 atom stereocenters. The number of rotatable bonds is 6. The first-order chi connectivity index (χ1) is 14.5. The van der Waals surface area contributed by atoms with Gasteiger partial charge in [0.25, 0.3) is 0 Å². The molecule has 8 nitrogen and oxygen atoms in total. The highest BCUT2D eigenvalue weighted by Gasteiger charge is 2.25. The first-order valence-electron chi connectivity index (χ1n) is 10.5. The molecule has 2 aliphatic rings. The summed E-state index contributed by atoms with van der Waals surface area (Å²) in [6, 6.07) is 6.03. The lowest BCUT2D eigenvalue weighted by atomic mass is 10.2. The van der Waals surface area contributed by atoms with Crippen LogP contribution in [-0.4, -0.2) is 94.2 Å². The molecule has 2 N–H and O–H groups in total. The summed E-state index contributed by atoms with van der Waals surface area (Å²) < 4.78 is 5.50. The molecule has 1 unspecified atom stereocenters. The Hall–Kier alpha value is -2.19. The van der Waals surface area contributed by atoms with Crippen LogP contribution in [0.3, 0.4) is 0 Å². The predicted octanol–water partition coefficient (Wildman–Crippen LogP) is 1.26. The van der Waals surface area contributed by atoms with Crippen molar-refractivity contribution in [1.29, 1.82) is 0 Å². The highest BCUT2D eigenvalue weighted by Crippen LogP contribution is 2.33. The molecular weight excluding hydrogens is 404 g/mol. The van der Waals surface area contributed by atoms with Gasteiger partial charge in [-0.05, 0) is 24.6 Å². The zero-order valence-electron chi connectivity index (χ0n) is 18.2. The number of nitrogens with one attached hydrogen (secondary N) is 2. The molecule has 2 heterocycles. The monoisotopic (exact) mass is 436 g/mol. The molecule has 1 amide bonds. The van der Waals surface area contributed by atoms with Crippen LogP contribution in [0.25, 0.3) is 0 Å². The molecular formula is C21H33ClN6O2. The Kier molecular flexibility index (Phi) is 8.04. The van der Waals surface area contributed by atoms with E-state index in [1.807, 2.05) is 23.1 Å². The fourth-order valence-corrected chi connectivity index (χ4v) is 4.18. The third kappa shape index (κ3) is 5.92. The van der Waals surface area contributed by atoms with Gasteiger partial charge in [-0.1, -0.05) is 11.6 Å². The second-order valence-electron chi connectivity index (χ2n) is 7.74. The normalized spacial score (nSPS) is 20.4. The first kappa shape index (κ1) is 22.5. The molecule has 166 valence electrons. The van der Waals surface area contributed by atoms with Crippen LogP contribution in [0, 0.1) is 0 Å². The van der Waals surface area contributed by atoms with Gasteiger partial charge >= 0.3 is 0 Å². The van der Waals surface area contributed by atoms with Gasteiger partial charge in [0, 0.05) is 77.4 Å². The highest BCUT2D eigenvalue weighted by atomic mass is 35.5. The SMILES string of the molecule is CN=C(NCCN1CCN(C(C)=O)CC1)NC1CCN(c2cc(Cl)ccc2OC)C1. The van der Waals surface area contributed by atoms with E-state index in [4.69, 9.17) is 16.3 Å². The van der Waals surface area contributed by atoms with Crippen LogP contribution in [0.2, 0.25) is 5.02 Å². The molecule has 9 heteroatoms. The summed E-state index contributed by atoms with van der Waals surface area (Å²) >= 11 is 6.19. The number of guanidine groups is 1. The van der Waals surface area contributed by atoms with Gasteiger partial charge in [0.05, 0.1) is 12.8 Å². The number of nitrogens with zero attached hydrogens (tertiary/aromatic N) is 4. The maximum absolute atomic E-state index is 11.4. The molecule has 2 aliphatic heterocycles. The largest absolute Gasteiger partial charge is 0.495 e. The molecule has 0 saturated carbocycles. The third-order valence-corrected chi connectivity index (χ3v) is 6.01. The van der Waals surface area contributed by atoms with Crippen LogP contribution in [0.4, 0.5) is 5.69 Å². The lowest BCUT2D eigenvalue weighted by Crippen LogP contribution is -2.51. The van der Waals surface area contributed by atoms with E-state index < -0.39 is 0 Å². The minimum Gasteiger partial charge on any atom is -0.495 e. The number of halogens is 1. The molecule has 0 spiro atoms. The zero-order valence-corrected chi connectivity index (χ0v) is 18.9. The van der Waals surface area contributed by atoms with Crippen molar-refractivity contribution in [2.45, 2.75) is 19.4 Å². The minimum atomic E-state index is 0.165. The lowest BCUT2D eigenvalue weighted by Gasteiger charge is -2.34. The van der Waals surface area contributed by atoms with Crippen molar-refractivity contribution in [3.05, 3.63) is 23.2 Å². The summed E-state index contributed by atoms with van der Waals surface area (Å²) in [7, 11) is 3.48. The summed E-state index contributed by atoms with van der Waals surface area (Å²) in [5, 5.41) is 7.66. The molecule has 30 heavy (non-hydrogen) atoms. The fraction of sp³-hybridized carbons (Fsp3) is 0.619. The van der Waals surface area contributed by atoms with Crippen LogP contribution in [0.15, 0.2) is 23.2 Å². The average Bonchev–Trinajstić information content (AvgIpc) is 3.21. The summed E-state index contributed by atoms with van der Waals surface area (Å²) in [4.78, 5) is 22.4. The topological polar surface area (TPSA) is 72.4 Å². The van der Waals surface area contributed by atoms with Crippen LogP contribution in [0.5, 0.6) is 5.75 Å². The van der Waals surface area contributed by atoms with Gasteiger partial charge in [-0.3, -0.25) is 14.7 Å². The second kappa shape index (κ2) is 10.7. The Morgan fingerprint density at radius 3 is 2.70 bits per heavy atom. The van der Waals surface area contributed by atoms with Crippen molar-refractivity contribution in [3.63, 3.8) is 0 Å². The van der Waals surface area contributed by atoms with Crippen LogP contribution >= 0.6 is 11.6 Å². The number of carbonyl (C=O) groups is 1. The number of piperazine rings is 1. The molecule has 1 aromatic carbocycles. The van der Waals surface area contributed by atoms with E-state index in [0.717, 1.165) is 76.2 Å². The maximum Gasteiger partial charge on any atom is 0.219 e. The number of hydrogen-bond acceptors (Lipinski definition) is 5. The fourth-order valence-electron chi connectivity index (χ4n) is 4.01. The second-order valence-corrected chi connectivity index (χ2v) is 8.18. The van der Waals surface area contributed by atoms with Crippen LogP contribution in [0.1, 0.15) is 13.3 Å². The Labute approximate surface area is 184 Å². The molecule has 0 aromatic heterocycles. The number of anilines is 1. The number of ether oxygens (including phenoxy) is 1. The van der Waals surface area contributed by atoms with Gasteiger partial charge in [0.15, 0.2) is 5.96 Å². The van der Waals surface area contributed by atoms with Gasteiger partial charge in [-0.15, -0.1) is 0 Å². The van der Waals surface area contributed by atoms with E-state index >= 15 is 0 Å². The molecule has 0 aliphatic carbocycles. The molecule has 2 saturated heterocycles. The molecule has 2 fully saturated rings. The Bertz CT molecular complexity index is 751. The first-order valence-corrected chi connectivity index (χ1v) is 10.9. The van der Waals surface area contributed by atoms with E-state index in [2.05, 4.69) is 25.4 Å². The van der Waals surface area contributed by atoms with Crippen molar-refractivity contribution in [1.82, 2.24) is 20.4 Å². The van der Waals surface area contributed by atoms with Crippen molar-refractivity contribution in [3.8, 4) is 5.75 Å². The molecule has 0 radical (unpaired) electrons. The van der Waals surface area contributed by atoms with Gasteiger partial charge < -0.3 is 25.2 Å². The summed E-state index contributed by atoms with van der Waals surface area (Å²) in [5.41, 5.74) is 1.03. The van der Waals surface area contributed by atoms with Gasteiger partial charge in [0.1, 0.15) is 5.75 Å². The van der Waals surface area contributed by atoms with Gasteiger partial charge in [-0.2, -0.15) is 0 Å². The number of hydrogen-bond donors (Lipinski definition) is 2. The van der Waals surface area contributed by atoms with E-state index in [0.29, 0.717) is 11.1 Å². The van der Waals surface area contributed by atoms with Crippen molar-refractivity contribution in [2.75, 3.05) is 71.4 Å². The minimum absolute atomic E-state index is 0.165. The van der Waals surface area contributed by atoms with Crippen molar-refractivity contribution >= 4 is 29.2 Å². The van der Waals surface area contributed by atoms with E-state index in [9.17, 15) is 4.79 Å². The Morgan fingerprint density at radius 1 is 1.27 bits per heavy atom. The van der Waals surface area contributed by atoms with Crippen molar-refractivity contribution in [2.24, 2.45) is 4.99 Å². The van der Waals surface area contributed by atoms with E-state index in [1.165, 1.54) is 0 Å². The lowest BCUT2D eigenvalue weighted by molar-refractivity contribution is -0.130. The maximum atomic E-state index is 11.4. The average molecular weight is 437 g/mol. The third-order valence-electron chi connectivity index (χ3n) is 5.77. The summed E-state index contributed by atoms with van der Waals surface area (Å²) in [6.07, 6.45) is 1.02. The molecule has 3 rings (SSSR count). The Morgan fingerprint density at radius 2 is 2.03 bits per heavy atom. The van der Waals surface area contributed by atoms with Crippen LogP contribution in [-0.2, 0) is 4.79 Å². The summed E-state index contributed by atoms with van der Waals surface area (Å²) in [5.74, 6) is 1.83. The number of carbonyl (C=O) groups excluding carboxylic acids is 1.